The molecular weight excluding hydrogens is 909 g/mol. The SMILES string of the molecule is Br.Br.BrCc1ccccc1CBr.CCO.N=C(N)[Se].N=C(N)[Se]Cc1ccccc1C[Se]C(=N)N. The van der Waals surface area contributed by atoms with E-state index < -0.39 is 0 Å². The van der Waals surface area contributed by atoms with E-state index in [9.17, 15) is 0 Å². The topological polar surface area (TPSA) is 170 Å². The van der Waals surface area contributed by atoms with Gasteiger partial charge in [0.15, 0.2) is 0 Å². The molecule has 0 bridgehead atoms. The van der Waals surface area contributed by atoms with E-state index in [4.69, 9.17) is 32.8 Å². The van der Waals surface area contributed by atoms with Gasteiger partial charge in [-0.3, -0.25) is 0 Å². The fourth-order valence-electron chi connectivity index (χ4n) is 1.97. The van der Waals surface area contributed by atoms with Crippen molar-refractivity contribution in [2.75, 3.05) is 6.61 Å². The summed E-state index contributed by atoms with van der Waals surface area (Å²) in [5.74, 6) is 0. The van der Waals surface area contributed by atoms with Crippen molar-refractivity contribution in [1.29, 1.82) is 16.2 Å². The first-order valence-electron chi connectivity index (χ1n) is 9.43. The second kappa shape index (κ2) is 28.9. The third-order valence-corrected chi connectivity index (χ3v) is 7.71. The van der Waals surface area contributed by atoms with Gasteiger partial charge in [0.1, 0.15) is 0 Å². The molecule has 0 aliphatic rings. The summed E-state index contributed by atoms with van der Waals surface area (Å²) in [6, 6.07) is 16.5. The van der Waals surface area contributed by atoms with Crippen LogP contribution in [0.2, 0.25) is 0 Å². The summed E-state index contributed by atoms with van der Waals surface area (Å²) >= 11 is 9.20. The quantitative estimate of drug-likeness (QED) is 0.0932. The maximum atomic E-state index is 7.57. The average Bonchev–Trinajstić information content (AvgIpc) is 2.77. The molecule has 0 aromatic heterocycles. The van der Waals surface area contributed by atoms with Gasteiger partial charge in [0.05, 0.1) is 0 Å². The van der Waals surface area contributed by atoms with E-state index in [2.05, 4.69) is 90.0 Å². The molecule has 199 valence electrons. The van der Waals surface area contributed by atoms with Crippen LogP contribution in [-0.2, 0) is 21.3 Å². The summed E-state index contributed by atoms with van der Waals surface area (Å²) in [4.78, 5) is 0. The van der Waals surface area contributed by atoms with Crippen LogP contribution in [0.25, 0.3) is 0 Å². The predicted molar refractivity (Wildman–Crippen MR) is 172 cm³/mol. The van der Waals surface area contributed by atoms with Gasteiger partial charge < -0.3 is 5.11 Å². The number of halogens is 4. The van der Waals surface area contributed by atoms with E-state index in [1.807, 2.05) is 12.1 Å². The molecule has 1 radical (unpaired) electrons. The van der Waals surface area contributed by atoms with Crippen molar-refractivity contribution in [3.05, 3.63) is 70.8 Å². The van der Waals surface area contributed by atoms with Crippen LogP contribution in [0.1, 0.15) is 29.2 Å². The van der Waals surface area contributed by atoms with Crippen LogP contribution >= 0.6 is 65.8 Å². The summed E-state index contributed by atoms with van der Waals surface area (Å²) in [5, 5.41) is 31.9. The van der Waals surface area contributed by atoms with E-state index in [0.717, 1.165) is 21.3 Å². The molecule has 7 nitrogen and oxygen atoms in total. The van der Waals surface area contributed by atoms with Gasteiger partial charge in [-0.2, -0.15) is 0 Å². The summed E-state index contributed by atoms with van der Waals surface area (Å²) in [6.07, 6.45) is 0. The molecule has 2 aromatic carbocycles. The van der Waals surface area contributed by atoms with Gasteiger partial charge in [-0.1, -0.05) is 56.1 Å². The number of nitrogens with one attached hydrogen (secondary N) is 3. The number of aliphatic hydroxyl groups excluding tert-OH is 1. The Kier molecular flexibility index (Phi) is 34.9. The van der Waals surface area contributed by atoms with Crippen LogP contribution in [0, 0.1) is 16.2 Å². The second-order valence-electron chi connectivity index (χ2n) is 5.79. The first kappa shape index (κ1) is 42.4. The summed E-state index contributed by atoms with van der Waals surface area (Å²) in [5.41, 5.74) is 20.6. The molecule has 0 atom stereocenters. The fraction of sp³-hybridized carbons (Fsp3) is 0.286. The van der Waals surface area contributed by atoms with Gasteiger partial charge in [-0.25, -0.2) is 0 Å². The van der Waals surface area contributed by atoms with Gasteiger partial charge in [-0.05, 0) is 18.1 Å². The maximum absolute atomic E-state index is 7.57. The summed E-state index contributed by atoms with van der Waals surface area (Å²) in [6.45, 7) is 1.93. The Balaban J connectivity index is -0.000000217. The number of aliphatic hydroxyl groups is 1. The Morgan fingerprint density at radius 3 is 1.20 bits per heavy atom. The first-order valence-corrected chi connectivity index (χ1v) is 16.7. The molecule has 0 fully saturated rings. The van der Waals surface area contributed by atoms with Gasteiger partial charge in [0.2, 0.25) is 0 Å². The summed E-state index contributed by atoms with van der Waals surface area (Å²) < 4.78 is 0.596. The molecule has 0 aliphatic carbocycles. The van der Waals surface area contributed by atoms with Crippen molar-refractivity contribution >= 4 is 126 Å². The first-order chi connectivity index (χ1) is 15.6. The number of alkyl halides is 2. The Bertz CT molecular complexity index is 786. The molecule has 2 rings (SSSR count). The number of benzene rings is 2. The molecule has 0 amide bonds. The van der Waals surface area contributed by atoms with Crippen LogP contribution < -0.4 is 17.2 Å². The molecule has 0 aliphatic heterocycles. The normalized spacial score (nSPS) is 8.57. The van der Waals surface area contributed by atoms with Crippen molar-refractivity contribution in [3.63, 3.8) is 0 Å². The molecule has 0 spiro atoms. The monoisotopic (exact) mass is 941 g/mol. The van der Waals surface area contributed by atoms with Gasteiger partial charge >= 0.3 is 140 Å². The molecule has 14 heteroatoms. The Labute approximate surface area is 267 Å². The molecule has 0 saturated carbocycles. The van der Waals surface area contributed by atoms with Crippen molar-refractivity contribution in [2.45, 2.75) is 28.2 Å². The molecule has 2 aromatic rings. The Morgan fingerprint density at radius 1 is 0.771 bits per heavy atom. The minimum atomic E-state index is 0. The van der Waals surface area contributed by atoms with Gasteiger partial charge in [0, 0.05) is 17.3 Å². The number of hydrogen-bond donors (Lipinski definition) is 7. The van der Waals surface area contributed by atoms with Crippen LogP contribution in [0.4, 0.5) is 0 Å². The van der Waals surface area contributed by atoms with Crippen LogP contribution in [0.5, 0.6) is 0 Å². The van der Waals surface area contributed by atoms with Crippen molar-refractivity contribution in [1.82, 2.24) is 0 Å². The zero-order chi connectivity index (χ0) is 25.6. The fourth-order valence-corrected chi connectivity index (χ4v) is 5.55. The number of amidine groups is 3. The van der Waals surface area contributed by atoms with E-state index in [0.29, 0.717) is 0 Å². The van der Waals surface area contributed by atoms with Crippen LogP contribution in [-0.4, -0.2) is 71.8 Å². The number of nitrogens with two attached hydrogens (primary N) is 3. The molecule has 0 saturated heterocycles. The van der Waals surface area contributed by atoms with E-state index in [1.165, 1.54) is 22.3 Å². The molecule has 35 heavy (non-hydrogen) atoms. The van der Waals surface area contributed by atoms with Crippen LogP contribution in [0.3, 0.4) is 0 Å². The molecule has 10 N–H and O–H groups in total. The van der Waals surface area contributed by atoms with Crippen molar-refractivity contribution < 1.29 is 5.11 Å². The third-order valence-electron chi connectivity index (χ3n) is 3.29. The van der Waals surface area contributed by atoms with E-state index >= 15 is 0 Å². The van der Waals surface area contributed by atoms with E-state index in [1.54, 1.807) is 6.92 Å². The van der Waals surface area contributed by atoms with Crippen LogP contribution in [0.15, 0.2) is 48.5 Å². The standard InChI is InChI=1S/C10H14N4Se2.C8H8Br2.C2H6O.CH3N2Se.2BrH/c11-9(12)15-5-7-3-1-2-4-8(7)6-16-10(13)14;9-5-7-3-1-2-4-8(7)6-10;1-2-3;2-1(3)4;;/h1-4H,5-6H2,(H3,11,12)(H3,13,14);1-4H,5-6H2;3H,2H2,1H3;(H3,2,3);2*1H. The molecular formula is C21H33Br4N6OSe3. The van der Waals surface area contributed by atoms with Gasteiger partial charge in [0.25, 0.3) is 0 Å². The third kappa shape index (κ3) is 27.1. The minimum absolute atomic E-state index is 0. The average molecular weight is 942 g/mol. The zero-order valence-electron chi connectivity index (χ0n) is 19.1. The van der Waals surface area contributed by atoms with Gasteiger partial charge in [-0.15, -0.1) is 34.0 Å². The van der Waals surface area contributed by atoms with Crippen molar-refractivity contribution in [3.8, 4) is 0 Å². The number of hydrogen-bond acceptors (Lipinski definition) is 4. The Hall–Kier alpha value is 0.288. The zero-order valence-corrected chi connectivity index (χ0v) is 30.9. The van der Waals surface area contributed by atoms with Crippen molar-refractivity contribution in [2.24, 2.45) is 17.2 Å². The number of rotatable bonds is 8. The molecule has 0 unspecified atom stereocenters. The second-order valence-corrected chi connectivity index (χ2v) is 12.1. The summed E-state index contributed by atoms with van der Waals surface area (Å²) in [7, 11) is 0. The Morgan fingerprint density at radius 2 is 1.00 bits per heavy atom. The predicted octanol–water partition coefficient (Wildman–Crippen LogP) is 3.56. The van der Waals surface area contributed by atoms with E-state index in [-0.39, 0.29) is 84.7 Å². The molecule has 0 heterocycles.